The summed E-state index contributed by atoms with van der Waals surface area (Å²) in [6.07, 6.45) is 4.78. The van der Waals surface area contributed by atoms with Gasteiger partial charge in [0.2, 0.25) is 5.88 Å². The average molecular weight is 326 g/mol. The van der Waals surface area contributed by atoms with Crippen molar-refractivity contribution in [2.24, 2.45) is 0 Å². The van der Waals surface area contributed by atoms with Gasteiger partial charge in [0.15, 0.2) is 0 Å². The number of aromatic nitrogens is 2. The van der Waals surface area contributed by atoms with E-state index in [1.807, 2.05) is 12.1 Å². The fraction of sp³-hybridized carbons (Fsp3) is 0.444. The SMILES string of the molecule is OCc1ccc2c(c1)CCN2c1cc(OC2CCNCC2)ncn1. The Morgan fingerprint density at radius 2 is 2.08 bits per heavy atom. The summed E-state index contributed by atoms with van der Waals surface area (Å²) < 4.78 is 6.03. The number of benzene rings is 1. The Balaban J connectivity index is 1.54. The quantitative estimate of drug-likeness (QED) is 0.893. The van der Waals surface area contributed by atoms with Crippen LogP contribution in [0, 0.1) is 0 Å². The second-order valence-electron chi connectivity index (χ2n) is 6.30. The first-order chi connectivity index (χ1) is 11.8. The molecule has 2 aliphatic rings. The van der Waals surface area contributed by atoms with Crippen molar-refractivity contribution in [3.8, 4) is 5.88 Å². The third kappa shape index (κ3) is 3.07. The predicted molar refractivity (Wildman–Crippen MR) is 91.6 cm³/mol. The van der Waals surface area contributed by atoms with E-state index < -0.39 is 0 Å². The van der Waals surface area contributed by atoms with Crippen LogP contribution in [-0.4, -0.2) is 40.8 Å². The summed E-state index contributed by atoms with van der Waals surface area (Å²) in [6.45, 7) is 2.95. The lowest BCUT2D eigenvalue weighted by molar-refractivity contribution is 0.156. The van der Waals surface area contributed by atoms with Crippen LogP contribution in [0.2, 0.25) is 0 Å². The zero-order chi connectivity index (χ0) is 16.4. The number of ether oxygens (including phenoxy) is 1. The van der Waals surface area contributed by atoms with Gasteiger partial charge in [-0.15, -0.1) is 0 Å². The van der Waals surface area contributed by atoms with Crippen LogP contribution in [0.3, 0.4) is 0 Å². The van der Waals surface area contributed by atoms with Crippen LogP contribution in [0.4, 0.5) is 11.5 Å². The van der Waals surface area contributed by atoms with E-state index in [-0.39, 0.29) is 12.7 Å². The zero-order valence-corrected chi connectivity index (χ0v) is 13.6. The van der Waals surface area contributed by atoms with Gasteiger partial charge in [0.05, 0.1) is 6.61 Å². The van der Waals surface area contributed by atoms with Crippen LogP contribution in [0.5, 0.6) is 5.88 Å². The van der Waals surface area contributed by atoms with Gasteiger partial charge in [-0.3, -0.25) is 0 Å². The number of rotatable bonds is 4. The molecule has 2 N–H and O–H groups in total. The standard InChI is InChI=1S/C18H22N4O2/c23-11-13-1-2-16-14(9-13)5-8-22(16)17-10-18(21-12-20-17)24-15-3-6-19-7-4-15/h1-2,9-10,12,15,19,23H,3-8,11H2. The summed E-state index contributed by atoms with van der Waals surface area (Å²) in [7, 11) is 0. The van der Waals surface area contributed by atoms with E-state index in [9.17, 15) is 5.11 Å². The van der Waals surface area contributed by atoms with E-state index in [4.69, 9.17) is 4.74 Å². The van der Waals surface area contributed by atoms with E-state index in [2.05, 4.69) is 32.3 Å². The summed E-state index contributed by atoms with van der Waals surface area (Å²) in [5, 5.41) is 12.6. The van der Waals surface area contributed by atoms with Gasteiger partial charge in [0, 0.05) is 18.3 Å². The highest BCUT2D eigenvalue weighted by Gasteiger charge is 2.23. The maximum Gasteiger partial charge on any atom is 0.218 e. The molecule has 0 bridgehead atoms. The summed E-state index contributed by atoms with van der Waals surface area (Å²) in [5.74, 6) is 1.51. The highest BCUT2D eigenvalue weighted by Crippen LogP contribution is 2.34. The molecular weight excluding hydrogens is 304 g/mol. The molecule has 0 aliphatic carbocycles. The summed E-state index contributed by atoms with van der Waals surface area (Å²) in [5.41, 5.74) is 3.35. The van der Waals surface area contributed by atoms with Crippen LogP contribution >= 0.6 is 0 Å². The molecule has 6 nitrogen and oxygen atoms in total. The average Bonchev–Trinajstić information content (AvgIpc) is 3.06. The Hall–Kier alpha value is -2.18. The van der Waals surface area contributed by atoms with Crippen molar-refractivity contribution in [2.75, 3.05) is 24.5 Å². The van der Waals surface area contributed by atoms with Crippen molar-refractivity contribution in [3.05, 3.63) is 41.7 Å². The first kappa shape index (κ1) is 15.4. The van der Waals surface area contributed by atoms with Crippen LogP contribution in [0.15, 0.2) is 30.6 Å². The molecule has 4 rings (SSSR count). The molecule has 24 heavy (non-hydrogen) atoms. The first-order valence-corrected chi connectivity index (χ1v) is 8.53. The fourth-order valence-corrected chi connectivity index (χ4v) is 3.42. The largest absolute Gasteiger partial charge is 0.474 e. The minimum absolute atomic E-state index is 0.0784. The number of anilines is 2. The lowest BCUT2D eigenvalue weighted by Crippen LogP contribution is -2.34. The Bertz CT molecular complexity index is 716. The number of nitrogens with one attached hydrogen (secondary N) is 1. The monoisotopic (exact) mass is 326 g/mol. The molecule has 3 heterocycles. The first-order valence-electron chi connectivity index (χ1n) is 8.53. The third-order valence-corrected chi connectivity index (χ3v) is 4.70. The maximum atomic E-state index is 9.29. The Kier molecular flexibility index (Phi) is 4.32. The molecule has 0 spiro atoms. The number of aliphatic hydroxyl groups is 1. The predicted octanol–water partition coefficient (Wildman–Crippen LogP) is 1.79. The topological polar surface area (TPSA) is 70.5 Å². The van der Waals surface area contributed by atoms with E-state index >= 15 is 0 Å². The van der Waals surface area contributed by atoms with Crippen LogP contribution < -0.4 is 15.0 Å². The van der Waals surface area contributed by atoms with Crippen molar-refractivity contribution in [2.45, 2.75) is 32.0 Å². The summed E-state index contributed by atoms with van der Waals surface area (Å²) >= 11 is 0. The molecule has 1 aromatic carbocycles. The van der Waals surface area contributed by atoms with E-state index in [0.29, 0.717) is 5.88 Å². The Morgan fingerprint density at radius 3 is 2.92 bits per heavy atom. The number of piperidine rings is 1. The molecular formula is C18H22N4O2. The van der Waals surface area contributed by atoms with Crippen molar-refractivity contribution in [3.63, 3.8) is 0 Å². The van der Waals surface area contributed by atoms with Crippen LogP contribution in [0.1, 0.15) is 24.0 Å². The van der Waals surface area contributed by atoms with Gasteiger partial charge in [-0.2, -0.15) is 0 Å². The fourth-order valence-electron chi connectivity index (χ4n) is 3.42. The maximum absolute atomic E-state index is 9.29. The van der Waals surface area contributed by atoms with E-state index in [1.165, 1.54) is 5.56 Å². The van der Waals surface area contributed by atoms with Gasteiger partial charge in [-0.1, -0.05) is 12.1 Å². The van der Waals surface area contributed by atoms with Crippen molar-refractivity contribution >= 4 is 11.5 Å². The highest BCUT2D eigenvalue weighted by molar-refractivity contribution is 5.68. The highest BCUT2D eigenvalue weighted by atomic mass is 16.5. The molecule has 1 saturated heterocycles. The molecule has 2 aromatic rings. The number of aliphatic hydroxyl groups excluding tert-OH is 1. The minimum atomic E-state index is 0.0784. The van der Waals surface area contributed by atoms with Gasteiger partial charge < -0.3 is 20.1 Å². The normalized spacial score (nSPS) is 17.8. The van der Waals surface area contributed by atoms with E-state index in [1.54, 1.807) is 6.33 Å². The molecule has 0 atom stereocenters. The van der Waals surface area contributed by atoms with Gasteiger partial charge >= 0.3 is 0 Å². The smallest absolute Gasteiger partial charge is 0.218 e. The lowest BCUT2D eigenvalue weighted by Gasteiger charge is -2.24. The van der Waals surface area contributed by atoms with Crippen molar-refractivity contribution in [1.82, 2.24) is 15.3 Å². The summed E-state index contributed by atoms with van der Waals surface area (Å²) in [6, 6.07) is 8.02. The van der Waals surface area contributed by atoms with E-state index in [0.717, 1.165) is 56.0 Å². The molecule has 0 radical (unpaired) electrons. The van der Waals surface area contributed by atoms with Crippen LogP contribution in [0.25, 0.3) is 0 Å². The zero-order valence-electron chi connectivity index (χ0n) is 13.6. The number of nitrogens with zero attached hydrogens (tertiary/aromatic N) is 3. The summed E-state index contributed by atoms with van der Waals surface area (Å²) in [4.78, 5) is 10.9. The molecule has 1 aromatic heterocycles. The molecule has 126 valence electrons. The van der Waals surface area contributed by atoms with Gasteiger partial charge in [0.25, 0.3) is 0 Å². The Labute approximate surface area is 141 Å². The molecule has 6 heteroatoms. The number of fused-ring (bicyclic) bond motifs is 1. The van der Waals surface area contributed by atoms with Gasteiger partial charge in [0.1, 0.15) is 18.2 Å². The van der Waals surface area contributed by atoms with Crippen molar-refractivity contribution in [1.29, 1.82) is 0 Å². The second-order valence-corrected chi connectivity index (χ2v) is 6.30. The third-order valence-electron chi connectivity index (χ3n) is 4.70. The minimum Gasteiger partial charge on any atom is -0.474 e. The molecule has 0 unspecified atom stereocenters. The lowest BCUT2D eigenvalue weighted by atomic mass is 10.1. The second kappa shape index (κ2) is 6.75. The molecule has 1 fully saturated rings. The van der Waals surface area contributed by atoms with Crippen molar-refractivity contribution < 1.29 is 9.84 Å². The number of hydrogen-bond acceptors (Lipinski definition) is 6. The van der Waals surface area contributed by atoms with Gasteiger partial charge in [-0.25, -0.2) is 9.97 Å². The molecule has 0 saturated carbocycles. The Morgan fingerprint density at radius 1 is 1.21 bits per heavy atom. The number of hydrogen-bond donors (Lipinski definition) is 2. The van der Waals surface area contributed by atoms with Crippen LogP contribution in [-0.2, 0) is 13.0 Å². The molecule has 0 amide bonds. The molecule has 2 aliphatic heterocycles. The van der Waals surface area contributed by atoms with Gasteiger partial charge in [-0.05, 0) is 49.5 Å².